The molecule has 1 aromatic heterocycles. The van der Waals surface area contributed by atoms with Crippen LogP contribution in [-0.4, -0.2) is 48.0 Å². The van der Waals surface area contributed by atoms with Gasteiger partial charge < -0.3 is 10.5 Å². The van der Waals surface area contributed by atoms with Crippen molar-refractivity contribution in [1.82, 2.24) is 14.7 Å². The highest BCUT2D eigenvalue weighted by molar-refractivity contribution is 5.09. The van der Waals surface area contributed by atoms with Crippen molar-refractivity contribution in [2.75, 3.05) is 33.4 Å². The van der Waals surface area contributed by atoms with Gasteiger partial charge in [0.05, 0.1) is 24.6 Å². The lowest BCUT2D eigenvalue weighted by atomic mass is 10.3. The van der Waals surface area contributed by atoms with Gasteiger partial charge >= 0.3 is 0 Å². The van der Waals surface area contributed by atoms with Gasteiger partial charge in [-0.25, -0.2) is 0 Å². The molecule has 98 valence electrons. The normalized spacial score (nSPS) is 11.4. The molecule has 0 spiro atoms. The Hall–Kier alpha value is -0.910. The van der Waals surface area contributed by atoms with E-state index >= 15 is 0 Å². The van der Waals surface area contributed by atoms with Crippen molar-refractivity contribution >= 4 is 0 Å². The predicted octanol–water partition coefficient (Wildman–Crippen LogP) is 0.390. The molecule has 0 unspecified atom stereocenters. The molecule has 0 aliphatic heterocycles. The molecule has 0 amide bonds. The molecule has 1 heterocycles. The van der Waals surface area contributed by atoms with E-state index in [0.717, 1.165) is 31.8 Å². The Bertz CT molecular complexity index is 324. The first-order valence-electron chi connectivity index (χ1n) is 6.15. The van der Waals surface area contributed by atoms with Crippen LogP contribution in [0.3, 0.4) is 0 Å². The van der Waals surface area contributed by atoms with Crippen LogP contribution in [0.5, 0.6) is 0 Å². The molecule has 0 radical (unpaired) electrons. The van der Waals surface area contributed by atoms with E-state index in [-0.39, 0.29) is 0 Å². The van der Waals surface area contributed by atoms with Crippen molar-refractivity contribution in [2.45, 2.75) is 19.9 Å². The van der Waals surface area contributed by atoms with E-state index in [2.05, 4.69) is 30.0 Å². The Labute approximate surface area is 104 Å². The average molecular weight is 240 g/mol. The molecule has 0 bridgehead atoms. The number of nitrogens with two attached hydrogens (primary N) is 1. The zero-order chi connectivity index (χ0) is 12.7. The van der Waals surface area contributed by atoms with Crippen LogP contribution in [0.25, 0.3) is 0 Å². The minimum Gasteiger partial charge on any atom is -0.379 e. The van der Waals surface area contributed by atoms with Crippen molar-refractivity contribution in [3.8, 4) is 0 Å². The molecule has 0 saturated carbocycles. The second-order valence-corrected chi connectivity index (χ2v) is 4.24. The van der Waals surface area contributed by atoms with E-state index in [0.29, 0.717) is 13.2 Å². The van der Waals surface area contributed by atoms with Crippen molar-refractivity contribution in [3.05, 3.63) is 17.5 Å². The zero-order valence-electron chi connectivity index (χ0n) is 11.1. The molecule has 0 atom stereocenters. The van der Waals surface area contributed by atoms with Crippen molar-refractivity contribution in [2.24, 2.45) is 12.8 Å². The van der Waals surface area contributed by atoms with Gasteiger partial charge in [-0.15, -0.1) is 0 Å². The number of aromatic nitrogens is 2. The Balaban J connectivity index is 2.34. The third kappa shape index (κ3) is 4.85. The van der Waals surface area contributed by atoms with Crippen LogP contribution >= 0.6 is 0 Å². The fourth-order valence-corrected chi connectivity index (χ4v) is 1.65. The first kappa shape index (κ1) is 14.2. The highest BCUT2D eigenvalue weighted by Gasteiger charge is 2.06. The third-order valence-corrected chi connectivity index (χ3v) is 2.70. The molecule has 0 aliphatic rings. The summed E-state index contributed by atoms with van der Waals surface area (Å²) in [5.74, 6) is 0. The van der Waals surface area contributed by atoms with E-state index in [1.807, 2.05) is 11.7 Å². The van der Waals surface area contributed by atoms with E-state index in [1.54, 1.807) is 0 Å². The van der Waals surface area contributed by atoms with Gasteiger partial charge in [-0.1, -0.05) is 6.92 Å². The molecule has 1 rings (SSSR count). The van der Waals surface area contributed by atoms with Gasteiger partial charge in [-0.3, -0.25) is 9.58 Å². The van der Waals surface area contributed by atoms with Crippen LogP contribution in [0.1, 0.15) is 18.3 Å². The minimum atomic E-state index is 0.589. The zero-order valence-corrected chi connectivity index (χ0v) is 11.1. The summed E-state index contributed by atoms with van der Waals surface area (Å²) in [6, 6.07) is 2.16. The van der Waals surface area contributed by atoms with Gasteiger partial charge in [0, 0.05) is 26.7 Å². The molecule has 17 heavy (non-hydrogen) atoms. The maximum absolute atomic E-state index is 5.36. The van der Waals surface area contributed by atoms with Gasteiger partial charge in [0.1, 0.15) is 0 Å². The molecule has 2 N–H and O–H groups in total. The standard InChI is InChI=1S/C12H24N4O/c1-4-11-9-12(16(3)14-11)10-15(2)6-8-17-7-5-13/h9H,4-8,10,13H2,1-3H3. The van der Waals surface area contributed by atoms with E-state index in [1.165, 1.54) is 5.69 Å². The SMILES string of the molecule is CCc1cc(CN(C)CCOCCN)n(C)n1. The summed E-state index contributed by atoms with van der Waals surface area (Å²) in [4.78, 5) is 2.23. The van der Waals surface area contributed by atoms with Crippen molar-refractivity contribution in [3.63, 3.8) is 0 Å². The van der Waals surface area contributed by atoms with E-state index < -0.39 is 0 Å². The second-order valence-electron chi connectivity index (χ2n) is 4.24. The molecule has 0 aromatic carbocycles. The summed E-state index contributed by atoms with van der Waals surface area (Å²) in [6.45, 7) is 5.88. The summed E-state index contributed by atoms with van der Waals surface area (Å²) >= 11 is 0. The Morgan fingerprint density at radius 3 is 2.82 bits per heavy atom. The van der Waals surface area contributed by atoms with Gasteiger partial charge in [0.15, 0.2) is 0 Å². The number of hydrogen-bond donors (Lipinski definition) is 1. The first-order chi connectivity index (χ1) is 8.17. The van der Waals surface area contributed by atoms with Crippen LogP contribution < -0.4 is 5.73 Å². The number of aryl methyl sites for hydroxylation is 2. The maximum Gasteiger partial charge on any atom is 0.0625 e. The number of hydrogen-bond acceptors (Lipinski definition) is 4. The number of ether oxygens (including phenoxy) is 1. The van der Waals surface area contributed by atoms with E-state index in [9.17, 15) is 0 Å². The summed E-state index contributed by atoms with van der Waals surface area (Å²) in [7, 11) is 4.08. The number of rotatable bonds is 8. The van der Waals surface area contributed by atoms with Gasteiger partial charge in [0.25, 0.3) is 0 Å². The van der Waals surface area contributed by atoms with Crippen LogP contribution in [0, 0.1) is 0 Å². The molecule has 0 fully saturated rings. The summed E-state index contributed by atoms with van der Waals surface area (Å²) in [6.07, 6.45) is 0.983. The third-order valence-electron chi connectivity index (χ3n) is 2.70. The highest BCUT2D eigenvalue weighted by atomic mass is 16.5. The lowest BCUT2D eigenvalue weighted by Gasteiger charge is -2.16. The summed E-state index contributed by atoms with van der Waals surface area (Å²) < 4.78 is 7.31. The molecular weight excluding hydrogens is 216 g/mol. The minimum absolute atomic E-state index is 0.589. The molecule has 5 nitrogen and oxygen atoms in total. The first-order valence-corrected chi connectivity index (χ1v) is 6.15. The molecular formula is C12H24N4O. The van der Waals surface area contributed by atoms with Crippen LogP contribution in [0.2, 0.25) is 0 Å². The summed E-state index contributed by atoms with van der Waals surface area (Å²) in [5, 5.41) is 4.43. The maximum atomic E-state index is 5.36. The van der Waals surface area contributed by atoms with Gasteiger partial charge in [-0.2, -0.15) is 5.10 Å². The Kier molecular flexibility index (Phi) is 6.18. The fourth-order valence-electron chi connectivity index (χ4n) is 1.65. The second kappa shape index (κ2) is 7.42. The highest BCUT2D eigenvalue weighted by Crippen LogP contribution is 2.06. The predicted molar refractivity (Wildman–Crippen MR) is 68.8 cm³/mol. The van der Waals surface area contributed by atoms with Gasteiger partial charge in [-0.05, 0) is 19.5 Å². The molecule has 1 aromatic rings. The fraction of sp³-hybridized carbons (Fsp3) is 0.750. The van der Waals surface area contributed by atoms with Crippen molar-refractivity contribution in [1.29, 1.82) is 0 Å². The lowest BCUT2D eigenvalue weighted by molar-refractivity contribution is 0.115. The largest absolute Gasteiger partial charge is 0.379 e. The molecule has 0 aliphatic carbocycles. The smallest absolute Gasteiger partial charge is 0.0625 e. The van der Waals surface area contributed by atoms with E-state index in [4.69, 9.17) is 10.5 Å². The average Bonchev–Trinajstić information content (AvgIpc) is 2.66. The lowest BCUT2D eigenvalue weighted by Crippen LogP contribution is -2.24. The number of nitrogens with zero attached hydrogens (tertiary/aromatic N) is 3. The monoisotopic (exact) mass is 240 g/mol. The van der Waals surface area contributed by atoms with Gasteiger partial charge in [0.2, 0.25) is 0 Å². The summed E-state index contributed by atoms with van der Waals surface area (Å²) in [5.41, 5.74) is 7.74. The van der Waals surface area contributed by atoms with Crippen LogP contribution in [0.15, 0.2) is 6.07 Å². The van der Waals surface area contributed by atoms with Crippen LogP contribution in [-0.2, 0) is 24.8 Å². The topological polar surface area (TPSA) is 56.3 Å². The molecule has 0 saturated heterocycles. The molecule has 5 heteroatoms. The number of likely N-dealkylation sites (N-methyl/N-ethyl adjacent to an activating group) is 1. The Morgan fingerprint density at radius 1 is 1.47 bits per heavy atom. The Morgan fingerprint density at radius 2 is 2.24 bits per heavy atom. The van der Waals surface area contributed by atoms with Crippen molar-refractivity contribution < 1.29 is 4.74 Å². The van der Waals surface area contributed by atoms with Crippen LogP contribution in [0.4, 0.5) is 0 Å². The quantitative estimate of drug-likeness (QED) is 0.668.